The first-order valence-corrected chi connectivity index (χ1v) is 22.4. The van der Waals surface area contributed by atoms with E-state index in [4.69, 9.17) is 9.47 Å². The Morgan fingerprint density at radius 2 is 1.67 bits per heavy atom. The summed E-state index contributed by atoms with van der Waals surface area (Å²) in [5, 5.41) is 61.7. The zero-order valence-corrected chi connectivity index (χ0v) is 36.0. The lowest BCUT2D eigenvalue weighted by molar-refractivity contribution is -0.236. The van der Waals surface area contributed by atoms with Crippen LogP contribution in [0, 0.1) is 56.7 Å². The minimum absolute atomic E-state index is 0.000664. The Kier molecular flexibility index (Phi) is 12.1. The first-order valence-electron chi connectivity index (χ1n) is 22.4. The summed E-state index contributed by atoms with van der Waals surface area (Å²) in [5.41, 5.74) is 1.78. The van der Waals surface area contributed by atoms with Crippen LogP contribution in [0.3, 0.4) is 0 Å². The van der Waals surface area contributed by atoms with Gasteiger partial charge in [0.05, 0.1) is 24.3 Å². The normalized spacial score (nSPS) is 44.5. The number of rotatable bonds is 11. The lowest BCUT2D eigenvalue weighted by Crippen LogP contribution is -2.65. The van der Waals surface area contributed by atoms with E-state index >= 15 is 0 Å². The summed E-state index contributed by atoms with van der Waals surface area (Å²) in [6.45, 7) is 17.1. The predicted molar refractivity (Wildman–Crippen MR) is 215 cm³/mol. The van der Waals surface area contributed by atoms with Gasteiger partial charge in [0.2, 0.25) is 5.91 Å². The highest BCUT2D eigenvalue weighted by atomic mass is 16.6. The van der Waals surface area contributed by atoms with Crippen molar-refractivity contribution in [2.75, 3.05) is 6.61 Å². The van der Waals surface area contributed by atoms with Crippen LogP contribution in [0.5, 0.6) is 0 Å². The van der Waals surface area contributed by atoms with Gasteiger partial charge in [-0.05, 0) is 122 Å². The SMILES string of the molecule is C[C@H]1[C@H](C)CC[C@]2(C(=O)OCc3cn(CCCCCC(=O)N[C@@H]4O[C@H](CO)[C@@H](O)[C@H](O)[C@H]4O)nn3)CC[C@]3(C)C(=CC[C@@H]4[C@@]5(C)CC[C@H](O)C(C)(C)[C@@H]5CC[C@]43C)[C@H]12. The van der Waals surface area contributed by atoms with Crippen molar-refractivity contribution in [3.05, 3.63) is 23.5 Å². The number of aliphatic hydroxyl groups excluding tert-OH is 5. The zero-order chi connectivity index (χ0) is 42.0. The third-order valence-corrected chi connectivity index (χ3v) is 17.8. The molecule has 1 aliphatic heterocycles. The number of aromatic nitrogens is 3. The van der Waals surface area contributed by atoms with E-state index < -0.39 is 42.7 Å². The van der Waals surface area contributed by atoms with E-state index in [-0.39, 0.29) is 58.6 Å². The van der Waals surface area contributed by atoms with Gasteiger partial charge >= 0.3 is 5.97 Å². The molecule has 6 aliphatic rings. The molecule has 4 saturated carbocycles. The highest BCUT2D eigenvalue weighted by molar-refractivity contribution is 5.79. The molecule has 326 valence electrons. The second-order valence-electron chi connectivity index (χ2n) is 20.9. The number of ether oxygens (including phenoxy) is 2. The number of carbonyl (C=O) groups excluding carboxylic acids is 2. The number of aliphatic hydroxyl groups is 5. The van der Waals surface area contributed by atoms with E-state index in [1.807, 2.05) is 6.20 Å². The fraction of sp³-hybridized carbons (Fsp3) is 0.867. The van der Waals surface area contributed by atoms with Crippen LogP contribution < -0.4 is 5.32 Å². The molecular weight excluding hydrogens is 741 g/mol. The lowest BCUT2D eigenvalue weighted by atomic mass is 9.33. The van der Waals surface area contributed by atoms with Crippen LogP contribution in [0.25, 0.3) is 0 Å². The van der Waals surface area contributed by atoms with Crippen molar-refractivity contribution < 1.29 is 44.6 Å². The summed E-state index contributed by atoms with van der Waals surface area (Å²) < 4.78 is 13.3. The second kappa shape index (κ2) is 16.1. The molecule has 7 rings (SSSR count). The largest absolute Gasteiger partial charge is 0.459 e. The number of hydrogen-bond donors (Lipinski definition) is 6. The van der Waals surface area contributed by atoms with E-state index in [9.17, 15) is 35.1 Å². The molecule has 1 saturated heterocycles. The van der Waals surface area contributed by atoms with Crippen molar-refractivity contribution in [2.45, 2.75) is 182 Å². The van der Waals surface area contributed by atoms with Gasteiger partial charge in [0, 0.05) is 13.0 Å². The van der Waals surface area contributed by atoms with Crippen LogP contribution in [0.2, 0.25) is 0 Å². The van der Waals surface area contributed by atoms with Crippen LogP contribution in [0.4, 0.5) is 0 Å². The number of carbonyl (C=O) groups is 2. The summed E-state index contributed by atoms with van der Waals surface area (Å²) in [7, 11) is 0. The fourth-order valence-corrected chi connectivity index (χ4v) is 13.8. The number of aryl methyl sites for hydroxylation is 1. The van der Waals surface area contributed by atoms with Crippen molar-refractivity contribution in [1.82, 2.24) is 20.3 Å². The summed E-state index contributed by atoms with van der Waals surface area (Å²) in [6, 6.07) is 0. The highest BCUT2D eigenvalue weighted by Gasteiger charge is 2.69. The molecule has 0 spiro atoms. The highest BCUT2D eigenvalue weighted by Crippen LogP contribution is 2.75. The van der Waals surface area contributed by atoms with Gasteiger partial charge in [0.25, 0.3) is 0 Å². The Balaban J connectivity index is 0.954. The Bertz CT molecular complexity index is 1700. The Labute approximate surface area is 344 Å². The van der Waals surface area contributed by atoms with Crippen molar-refractivity contribution >= 4 is 11.9 Å². The molecule has 0 bridgehead atoms. The Morgan fingerprint density at radius 3 is 2.41 bits per heavy atom. The summed E-state index contributed by atoms with van der Waals surface area (Å²) in [5.74, 6) is 1.60. The summed E-state index contributed by atoms with van der Waals surface area (Å²) in [4.78, 5) is 27.1. The van der Waals surface area contributed by atoms with Crippen LogP contribution >= 0.6 is 0 Å². The zero-order valence-electron chi connectivity index (χ0n) is 36.0. The van der Waals surface area contributed by atoms with Crippen molar-refractivity contribution in [3.63, 3.8) is 0 Å². The van der Waals surface area contributed by atoms with Crippen molar-refractivity contribution in [2.24, 2.45) is 56.7 Å². The van der Waals surface area contributed by atoms with Crippen LogP contribution in [-0.2, 0) is 32.2 Å². The van der Waals surface area contributed by atoms with Gasteiger partial charge in [-0.15, -0.1) is 5.10 Å². The number of nitrogens with zero attached hydrogens (tertiary/aromatic N) is 3. The maximum absolute atomic E-state index is 14.6. The quantitative estimate of drug-likeness (QED) is 0.102. The number of allylic oxidation sites excluding steroid dienone is 2. The Morgan fingerprint density at radius 1 is 0.914 bits per heavy atom. The molecule has 13 nitrogen and oxygen atoms in total. The minimum atomic E-state index is -1.55. The molecule has 5 fully saturated rings. The molecule has 5 aliphatic carbocycles. The van der Waals surface area contributed by atoms with Crippen molar-refractivity contribution in [3.8, 4) is 0 Å². The molecule has 15 atom stereocenters. The molecule has 0 unspecified atom stereocenters. The molecule has 13 heteroatoms. The topological polar surface area (TPSA) is 196 Å². The second-order valence-corrected chi connectivity index (χ2v) is 20.9. The molecule has 0 aromatic carbocycles. The molecular formula is C45H72N4O9. The van der Waals surface area contributed by atoms with Crippen LogP contribution in [-0.4, -0.2) is 95.8 Å². The summed E-state index contributed by atoms with van der Waals surface area (Å²) in [6.07, 6.45) is 8.51. The molecule has 2 heterocycles. The number of hydrogen-bond acceptors (Lipinski definition) is 11. The van der Waals surface area contributed by atoms with Crippen LogP contribution in [0.1, 0.15) is 138 Å². The van der Waals surface area contributed by atoms with Gasteiger partial charge in [-0.1, -0.05) is 71.7 Å². The van der Waals surface area contributed by atoms with Crippen molar-refractivity contribution in [1.29, 1.82) is 0 Å². The van der Waals surface area contributed by atoms with Gasteiger partial charge in [-0.25, -0.2) is 0 Å². The summed E-state index contributed by atoms with van der Waals surface area (Å²) >= 11 is 0. The number of unbranched alkanes of at least 4 members (excludes halogenated alkanes) is 2. The van der Waals surface area contributed by atoms with E-state index in [1.165, 1.54) is 5.57 Å². The number of nitrogens with one attached hydrogen (secondary N) is 1. The number of fused-ring (bicyclic) bond motifs is 7. The molecule has 6 N–H and O–H groups in total. The van der Waals surface area contributed by atoms with Crippen LogP contribution in [0.15, 0.2) is 17.8 Å². The average Bonchev–Trinajstić information content (AvgIpc) is 3.64. The first kappa shape index (κ1) is 43.7. The molecule has 1 amide bonds. The van der Waals surface area contributed by atoms with E-state index in [0.29, 0.717) is 42.3 Å². The standard InChI is InChI=1S/C45H72N4O9/c1-26-14-19-45(21-20-43(6)29(35(45)27(26)2)12-13-32-42(5)17-16-33(51)41(3,4)31(42)15-18-44(32,43)7)40(56)57-25-28-23-49(48-47-28)22-10-8-9-11-34(52)46-39-38(55)37(54)36(53)30(24-50)58-39/h12,23,26-27,30-33,35-39,50-51,53-55H,8-11,13-22,24-25H2,1-7H3,(H,46,52)/t26-,27+,30-,31+,32-,33+,35+,36-,37+,38-,39-,42+,43-,44-,45+/m1/s1. The maximum Gasteiger partial charge on any atom is 0.313 e. The minimum Gasteiger partial charge on any atom is -0.459 e. The third-order valence-electron chi connectivity index (χ3n) is 17.8. The third kappa shape index (κ3) is 7.09. The van der Waals surface area contributed by atoms with Gasteiger partial charge < -0.3 is 40.3 Å². The average molecular weight is 813 g/mol. The van der Waals surface area contributed by atoms with E-state index in [0.717, 1.165) is 70.6 Å². The first-order chi connectivity index (χ1) is 27.3. The predicted octanol–water partition coefficient (Wildman–Crippen LogP) is 4.82. The molecule has 0 radical (unpaired) electrons. The fourth-order valence-electron chi connectivity index (χ4n) is 13.8. The lowest BCUT2D eigenvalue weighted by Gasteiger charge is -2.71. The molecule has 1 aromatic heterocycles. The van der Waals surface area contributed by atoms with Gasteiger partial charge in [-0.3, -0.25) is 14.3 Å². The molecule has 1 aromatic rings. The van der Waals surface area contributed by atoms with E-state index in [1.54, 1.807) is 4.68 Å². The maximum atomic E-state index is 14.6. The van der Waals surface area contributed by atoms with Gasteiger partial charge in [-0.2, -0.15) is 0 Å². The smallest absolute Gasteiger partial charge is 0.313 e. The van der Waals surface area contributed by atoms with Gasteiger partial charge in [0.15, 0.2) is 6.23 Å². The number of amides is 1. The monoisotopic (exact) mass is 813 g/mol. The Hall–Kier alpha value is -2.42. The number of esters is 1. The van der Waals surface area contributed by atoms with E-state index in [2.05, 4.69) is 70.2 Å². The molecule has 58 heavy (non-hydrogen) atoms. The van der Waals surface area contributed by atoms with Gasteiger partial charge in [0.1, 0.15) is 36.7 Å².